The zero-order valence-electron chi connectivity index (χ0n) is 6.48. The van der Waals surface area contributed by atoms with Gasteiger partial charge in [-0.2, -0.15) is 5.10 Å². The maximum atomic E-state index is 4.92. The third-order valence-electron chi connectivity index (χ3n) is 1.58. The SMILES string of the molecule is CC(C)n1cc2oncc2n1. The van der Waals surface area contributed by atoms with E-state index in [4.69, 9.17) is 4.52 Å². The van der Waals surface area contributed by atoms with Crippen LogP contribution in [0.15, 0.2) is 16.9 Å². The molecule has 4 heteroatoms. The molecule has 0 aliphatic rings. The van der Waals surface area contributed by atoms with Gasteiger partial charge in [0.15, 0.2) is 5.52 Å². The lowest BCUT2D eigenvalue weighted by Crippen LogP contribution is -2.00. The van der Waals surface area contributed by atoms with Crippen molar-refractivity contribution in [1.82, 2.24) is 14.9 Å². The van der Waals surface area contributed by atoms with Gasteiger partial charge in [-0.25, -0.2) is 0 Å². The Kier molecular flexibility index (Phi) is 1.21. The van der Waals surface area contributed by atoms with Gasteiger partial charge in [-0.05, 0) is 13.8 Å². The second-order valence-electron chi connectivity index (χ2n) is 2.78. The molecule has 0 N–H and O–H groups in total. The van der Waals surface area contributed by atoms with Gasteiger partial charge in [-0.1, -0.05) is 5.16 Å². The Morgan fingerprint density at radius 1 is 1.55 bits per heavy atom. The summed E-state index contributed by atoms with van der Waals surface area (Å²) in [5.41, 5.74) is 1.57. The van der Waals surface area contributed by atoms with Crippen LogP contribution in [-0.4, -0.2) is 14.9 Å². The predicted molar refractivity (Wildman–Crippen MR) is 40.2 cm³/mol. The molecule has 0 aliphatic carbocycles. The monoisotopic (exact) mass is 151 g/mol. The van der Waals surface area contributed by atoms with Crippen molar-refractivity contribution in [2.24, 2.45) is 0 Å². The summed E-state index contributed by atoms with van der Waals surface area (Å²) in [7, 11) is 0. The lowest BCUT2D eigenvalue weighted by atomic mass is 10.4. The Balaban J connectivity index is 2.58. The van der Waals surface area contributed by atoms with Gasteiger partial charge in [-0.15, -0.1) is 0 Å². The average molecular weight is 151 g/mol. The Morgan fingerprint density at radius 3 is 3.00 bits per heavy atom. The van der Waals surface area contributed by atoms with Crippen LogP contribution in [0.1, 0.15) is 19.9 Å². The number of hydrogen-bond donors (Lipinski definition) is 0. The highest BCUT2D eigenvalue weighted by Gasteiger charge is 2.05. The van der Waals surface area contributed by atoms with E-state index in [-0.39, 0.29) is 0 Å². The molecular formula is C7H9N3O. The first-order chi connectivity index (χ1) is 5.27. The van der Waals surface area contributed by atoms with Gasteiger partial charge in [0, 0.05) is 6.04 Å². The van der Waals surface area contributed by atoms with E-state index in [1.165, 1.54) is 0 Å². The fourth-order valence-corrected chi connectivity index (χ4v) is 0.946. The van der Waals surface area contributed by atoms with Crippen molar-refractivity contribution in [2.75, 3.05) is 0 Å². The largest absolute Gasteiger partial charge is 0.353 e. The first-order valence-corrected chi connectivity index (χ1v) is 3.57. The Labute approximate surface area is 63.8 Å². The normalized spacial score (nSPS) is 11.5. The molecule has 0 spiro atoms. The molecule has 0 saturated carbocycles. The van der Waals surface area contributed by atoms with E-state index < -0.39 is 0 Å². The zero-order chi connectivity index (χ0) is 7.84. The average Bonchev–Trinajstić information content (AvgIpc) is 2.40. The van der Waals surface area contributed by atoms with Crippen LogP contribution in [0.4, 0.5) is 0 Å². The van der Waals surface area contributed by atoms with E-state index in [1.807, 2.05) is 10.9 Å². The van der Waals surface area contributed by atoms with Crippen LogP contribution in [0.5, 0.6) is 0 Å². The number of hydrogen-bond acceptors (Lipinski definition) is 3. The van der Waals surface area contributed by atoms with Gasteiger partial charge in [0.1, 0.15) is 0 Å². The standard InChI is InChI=1S/C7H9N3O/c1-5(2)10-4-7-6(9-10)3-8-11-7/h3-5H,1-2H3. The van der Waals surface area contributed by atoms with Crippen LogP contribution < -0.4 is 0 Å². The van der Waals surface area contributed by atoms with E-state index in [1.54, 1.807) is 6.20 Å². The van der Waals surface area contributed by atoms with Crippen molar-refractivity contribution in [3.8, 4) is 0 Å². The minimum atomic E-state index is 0.373. The van der Waals surface area contributed by atoms with Crippen LogP contribution in [-0.2, 0) is 0 Å². The molecule has 0 unspecified atom stereocenters. The molecule has 0 amide bonds. The van der Waals surface area contributed by atoms with Crippen molar-refractivity contribution in [3.63, 3.8) is 0 Å². The second-order valence-corrected chi connectivity index (χ2v) is 2.78. The highest BCUT2D eigenvalue weighted by Crippen LogP contribution is 2.13. The molecule has 0 fully saturated rings. The number of fused-ring (bicyclic) bond motifs is 1. The van der Waals surface area contributed by atoms with Crippen molar-refractivity contribution >= 4 is 11.1 Å². The van der Waals surface area contributed by atoms with Crippen LogP contribution in [0.2, 0.25) is 0 Å². The molecule has 2 rings (SSSR count). The molecule has 0 saturated heterocycles. The Bertz CT molecular complexity index is 332. The highest BCUT2D eigenvalue weighted by molar-refractivity contribution is 5.69. The molecule has 11 heavy (non-hydrogen) atoms. The summed E-state index contributed by atoms with van der Waals surface area (Å²) in [6.07, 6.45) is 3.47. The Hall–Kier alpha value is -1.32. The molecule has 58 valence electrons. The third-order valence-corrected chi connectivity index (χ3v) is 1.58. The van der Waals surface area contributed by atoms with E-state index in [0.717, 1.165) is 11.1 Å². The fourth-order valence-electron chi connectivity index (χ4n) is 0.946. The summed E-state index contributed by atoms with van der Waals surface area (Å²) in [6.45, 7) is 4.14. The van der Waals surface area contributed by atoms with Gasteiger partial charge < -0.3 is 4.52 Å². The number of rotatable bonds is 1. The maximum Gasteiger partial charge on any atom is 0.204 e. The minimum Gasteiger partial charge on any atom is -0.353 e. The van der Waals surface area contributed by atoms with Gasteiger partial charge in [-0.3, -0.25) is 4.68 Å². The van der Waals surface area contributed by atoms with E-state index in [2.05, 4.69) is 24.1 Å². The molecule has 0 atom stereocenters. The fraction of sp³-hybridized carbons (Fsp3) is 0.429. The van der Waals surface area contributed by atoms with Crippen molar-refractivity contribution < 1.29 is 4.52 Å². The lowest BCUT2D eigenvalue weighted by molar-refractivity contribution is 0.451. The second kappa shape index (κ2) is 2.08. The molecule has 0 aromatic carbocycles. The van der Waals surface area contributed by atoms with Crippen molar-refractivity contribution in [2.45, 2.75) is 19.9 Å². The van der Waals surface area contributed by atoms with Gasteiger partial charge >= 0.3 is 0 Å². The summed E-state index contributed by atoms with van der Waals surface area (Å²) >= 11 is 0. The van der Waals surface area contributed by atoms with Crippen LogP contribution >= 0.6 is 0 Å². The predicted octanol–water partition coefficient (Wildman–Crippen LogP) is 1.61. The smallest absolute Gasteiger partial charge is 0.204 e. The zero-order valence-corrected chi connectivity index (χ0v) is 6.48. The molecule has 2 heterocycles. The van der Waals surface area contributed by atoms with Gasteiger partial charge in [0.25, 0.3) is 0 Å². The maximum absolute atomic E-state index is 4.92. The molecular weight excluding hydrogens is 142 g/mol. The van der Waals surface area contributed by atoms with Gasteiger partial charge in [0.2, 0.25) is 5.58 Å². The molecule has 2 aromatic heterocycles. The summed E-state index contributed by atoms with van der Waals surface area (Å²) in [5.74, 6) is 0. The molecule has 0 aliphatic heterocycles. The van der Waals surface area contributed by atoms with Gasteiger partial charge in [0.05, 0.1) is 12.4 Å². The quantitative estimate of drug-likeness (QED) is 0.621. The minimum absolute atomic E-state index is 0.373. The Morgan fingerprint density at radius 2 is 2.36 bits per heavy atom. The van der Waals surface area contributed by atoms with Crippen molar-refractivity contribution in [3.05, 3.63) is 12.4 Å². The van der Waals surface area contributed by atoms with Crippen LogP contribution in [0.25, 0.3) is 11.1 Å². The highest BCUT2D eigenvalue weighted by atomic mass is 16.5. The van der Waals surface area contributed by atoms with E-state index >= 15 is 0 Å². The van der Waals surface area contributed by atoms with Crippen LogP contribution in [0, 0.1) is 0 Å². The van der Waals surface area contributed by atoms with E-state index in [0.29, 0.717) is 6.04 Å². The summed E-state index contributed by atoms with van der Waals surface area (Å²) in [5, 5.41) is 7.84. The van der Waals surface area contributed by atoms with Crippen LogP contribution in [0.3, 0.4) is 0 Å². The molecule has 0 radical (unpaired) electrons. The number of aromatic nitrogens is 3. The summed E-state index contributed by atoms with van der Waals surface area (Å²) in [6, 6.07) is 0.373. The van der Waals surface area contributed by atoms with Crippen molar-refractivity contribution in [1.29, 1.82) is 0 Å². The van der Waals surface area contributed by atoms with E-state index in [9.17, 15) is 0 Å². The summed E-state index contributed by atoms with van der Waals surface area (Å²) in [4.78, 5) is 0. The molecule has 2 aromatic rings. The topological polar surface area (TPSA) is 43.9 Å². The lowest BCUT2D eigenvalue weighted by Gasteiger charge is -2.01. The first kappa shape index (κ1) is 6.39. The third kappa shape index (κ3) is 0.906. The summed E-state index contributed by atoms with van der Waals surface area (Å²) < 4.78 is 6.77. The first-order valence-electron chi connectivity index (χ1n) is 3.57. The molecule has 4 nitrogen and oxygen atoms in total. The molecule has 0 bridgehead atoms. The number of nitrogens with zero attached hydrogens (tertiary/aromatic N) is 3.